The highest BCUT2D eigenvalue weighted by Gasteiger charge is 2.15. The van der Waals surface area contributed by atoms with Crippen molar-refractivity contribution < 1.29 is 47.6 Å². The van der Waals surface area contributed by atoms with Crippen molar-refractivity contribution >= 4 is 34.6 Å². The lowest BCUT2D eigenvalue weighted by atomic mass is 10.1. The predicted molar refractivity (Wildman–Crippen MR) is 238 cm³/mol. The maximum absolute atomic E-state index is 13.0. The van der Waals surface area contributed by atoms with Crippen LogP contribution in [0.4, 0.5) is 0 Å². The maximum Gasteiger partial charge on any atom is 0.343 e. The molecule has 6 aromatic rings. The van der Waals surface area contributed by atoms with E-state index in [1.807, 2.05) is 0 Å². The molecule has 0 aromatic heterocycles. The average molecular weight is 837 g/mol. The van der Waals surface area contributed by atoms with Crippen LogP contribution in [0, 0.1) is 0 Å². The van der Waals surface area contributed by atoms with Gasteiger partial charge in [-0.25, -0.2) is 19.2 Å². The van der Waals surface area contributed by atoms with Gasteiger partial charge in [0.05, 0.1) is 35.5 Å². The molecule has 0 unspecified atom stereocenters. The molecule has 0 aliphatic heterocycles. The van der Waals surface area contributed by atoms with Gasteiger partial charge in [-0.1, -0.05) is 77.3 Å². The first-order valence-electron chi connectivity index (χ1n) is 21.4. The highest BCUT2D eigenvalue weighted by molar-refractivity contribution is 5.95. The third-order valence-electron chi connectivity index (χ3n) is 10.0. The Kier molecular flexibility index (Phi) is 16.7. The van der Waals surface area contributed by atoms with Crippen LogP contribution < -0.4 is 28.4 Å². The first kappa shape index (κ1) is 44.6. The van der Waals surface area contributed by atoms with Crippen LogP contribution in [0.5, 0.6) is 34.5 Å². The smallest absolute Gasteiger partial charge is 0.343 e. The highest BCUT2D eigenvalue weighted by Crippen LogP contribution is 2.27. The lowest BCUT2D eigenvalue weighted by Gasteiger charge is -2.09. The summed E-state index contributed by atoms with van der Waals surface area (Å²) in [4.78, 5) is 51.6. The van der Waals surface area contributed by atoms with Crippen molar-refractivity contribution in [2.75, 3.05) is 13.2 Å². The number of hydrogen-bond donors (Lipinski definition) is 0. The molecular formula is C52H52O10. The van der Waals surface area contributed by atoms with Gasteiger partial charge in [-0.3, -0.25) is 0 Å². The molecule has 0 bridgehead atoms. The number of unbranched alkanes of at least 4 members (excludes halogenated alkanes) is 8. The first-order valence-corrected chi connectivity index (χ1v) is 21.4. The van der Waals surface area contributed by atoms with Gasteiger partial charge in [0.1, 0.15) is 34.5 Å². The maximum atomic E-state index is 13.0. The van der Waals surface area contributed by atoms with Crippen molar-refractivity contribution in [3.05, 3.63) is 156 Å². The van der Waals surface area contributed by atoms with E-state index in [0.717, 1.165) is 31.1 Å². The fourth-order valence-corrected chi connectivity index (χ4v) is 6.48. The molecule has 0 atom stereocenters. The molecule has 0 spiro atoms. The summed E-state index contributed by atoms with van der Waals surface area (Å²) in [6, 6.07) is 36.1. The molecule has 0 N–H and O–H groups in total. The summed E-state index contributed by atoms with van der Waals surface area (Å²) in [7, 11) is 0. The zero-order valence-corrected chi connectivity index (χ0v) is 35.3. The van der Waals surface area contributed by atoms with Gasteiger partial charge in [-0.05, 0) is 145 Å². The van der Waals surface area contributed by atoms with E-state index in [4.69, 9.17) is 28.4 Å². The molecule has 0 aliphatic carbocycles. The zero-order valence-electron chi connectivity index (χ0n) is 35.3. The van der Waals surface area contributed by atoms with Crippen LogP contribution in [0.3, 0.4) is 0 Å². The average Bonchev–Trinajstić information content (AvgIpc) is 3.29. The van der Waals surface area contributed by atoms with E-state index in [1.165, 1.54) is 87.1 Å². The monoisotopic (exact) mass is 836 g/mol. The third-order valence-corrected chi connectivity index (χ3v) is 10.0. The van der Waals surface area contributed by atoms with Crippen LogP contribution in [0.25, 0.3) is 10.8 Å². The second-order valence-electron chi connectivity index (χ2n) is 14.9. The summed E-state index contributed by atoms with van der Waals surface area (Å²) < 4.78 is 33.9. The summed E-state index contributed by atoms with van der Waals surface area (Å²) in [6.07, 6.45) is 11.5. The van der Waals surface area contributed by atoms with Gasteiger partial charge in [-0.15, -0.1) is 0 Å². The molecule has 0 aliphatic rings. The molecular weight excluding hydrogens is 785 g/mol. The van der Waals surface area contributed by atoms with E-state index in [9.17, 15) is 19.2 Å². The van der Waals surface area contributed by atoms with Gasteiger partial charge in [0, 0.05) is 0 Å². The van der Waals surface area contributed by atoms with Gasteiger partial charge in [0.15, 0.2) is 0 Å². The Hall–Kier alpha value is -6.94. The number of benzene rings is 6. The molecule has 10 nitrogen and oxygen atoms in total. The standard InChI is InChI=1S/C52H52O10/c1-3-5-7-9-11-33-57-43-23-15-38(16-24-43)49(53)59-45-27-19-40(20-28-45)51(55)61-47-31-13-37-14-32-48(36-42(37)35-47)62-52(56)41-21-29-46(30-22-41)60-50(54)39-17-25-44(26-18-39)58-34-12-10-8-6-4-2/h13-32,35-36H,3-12,33-34H2,1-2H3. The van der Waals surface area contributed by atoms with E-state index in [-0.39, 0.29) is 34.1 Å². The fourth-order valence-electron chi connectivity index (χ4n) is 6.48. The van der Waals surface area contributed by atoms with Crippen LogP contribution in [0.1, 0.15) is 119 Å². The molecule has 62 heavy (non-hydrogen) atoms. The molecule has 6 rings (SSSR count). The molecule has 0 heterocycles. The summed E-state index contributed by atoms with van der Waals surface area (Å²) in [5, 5.41) is 1.51. The van der Waals surface area contributed by atoms with Gasteiger partial charge >= 0.3 is 23.9 Å². The third kappa shape index (κ3) is 13.5. The van der Waals surface area contributed by atoms with Crippen LogP contribution in [-0.4, -0.2) is 37.1 Å². The fraction of sp³-hybridized carbons (Fsp3) is 0.269. The number of hydrogen-bond acceptors (Lipinski definition) is 10. The second kappa shape index (κ2) is 23.2. The number of carbonyl (C=O) groups excluding carboxylic acids is 4. The molecule has 320 valence electrons. The van der Waals surface area contributed by atoms with Crippen molar-refractivity contribution in [2.45, 2.75) is 78.1 Å². The van der Waals surface area contributed by atoms with E-state index in [0.29, 0.717) is 41.2 Å². The summed E-state index contributed by atoms with van der Waals surface area (Å²) in [6.45, 7) is 5.64. The van der Waals surface area contributed by atoms with Gasteiger partial charge in [-0.2, -0.15) is 0 Å². The Balaban J connectivity index is 0.961. The van der Waals surface area contributed by atoms with Crippen molar-refractivity contribution in [1.29, 1.82) is 0 Å². The quantitative estimate of drug-likeness (QED) is 0.0371. The van der Waals surface area contributed by atoms with Crippen molar-refractivity contribution in [3.8, 4) is 34.5 Å². The van der Waals surface area contributed by atoms with Crippen molar-refractivity contribution in [2.24, 2.45) is 0 Å². The largest absolute Gasteiger partial charge is 0.494 e. The van der Waals surface area contributed by atoms with E-state index < -0.39 is 23.9 Å². The Morgan fingerprint density at radius 2 is 0.613 bits per heavy atom. The molecule has 10 heteroatoms. The van der Waals surface area contributed by atoms with E-state index in [2.05, 4.69) is 13.8 Å². The second-order valence-corrected chi connectivity index (χ2v) is 14.9. The molecule has 0 amide bonds. The van der Waals surface area contributed by atoms with Crippen LogP contribution >= 0.6 is 0 Å². The summed E-state index contributed by atoms with van der Waals surface area (Å²) in [5.74, 6) is 0.243. The summed E-state index contributed by atoms with van der Waals surface area (Å²) >= 11 is 0. The number of fused-ring (bicyclic) bond motifs is 1. The number of carbonyl (C=O) groups is 4. The lowest BCUT2D eigenvalue weighted by Crippen LogP contribution is -2.10. The van der Waals surface area contributed by atoms with Gasteiger partial charge in [0.2, 0.25) is 0 Å². The Morgan fingerprint density at radius 3 is 0.952 bits per heavy atom. The topological polar surface area (TPSA) is 124 Å². The molecule has 0 saturated heterocycles. The lowest BCUT2D eigenvalue weighted by molar-refractivity contribution is 0.0720. The SMILES string of the molecule is CCCCCCCOc1ccc(C(=O)Oc2ccc(C(=O)Oc3ccc4ccc(OC(=O)c5ccc(OC(=O)c6ccc(OCCCCCCC)cc6)cc5)cc4c3)cc2)cc1. The Bertz CT molecular complexity index is 2220. The minimum Gasteiger partial charge on any atom is -0.494 e. The van der Waals surface area contributed by atoms with Crippen molar-refractivity contribution in [3.63, 3.8) is 0 Å². The molecule has 6 aromatic carbocycles. The number of esters is 4. The Morgan fingerprint density at radius 1 is 0.323 bits per heavy atom. The van der Waals surface area contributed by atoms with Crippen LogP contribution in [-0.2, 0) is 0 Å². The highest BCUT2D eigenvalue weighted by atomic mass is 16.5. The normalized spacial score (nSPS) is 10.8. The number of ether oxygens (including phenoxy) is 6. The minimum atomic E-state index is -0.605. The molecule has 0 radical (unpaired) electrons. The van der Waals surface area contributed by atoms with Gasteiger partial charge in [0.25, 0.3) is 0 Å². The van der Waals surface area contributed by atoms with E-state index in [1.54, 1.807) is 84.9 Å². The number of rotatable bonds is 22. The van der Waals surface area contributed by atoms with Crippen molar-refractivity contribution in [1.82, 2.24) is 0 Å². The first-order chi connectivity index (χ1) is 30.3. The van der Waals surface area contributed by atoms with Crippen LogP contribution in [0.2, 0.25) is 0 Å². The summed E-state index contributed by atoms with van der Waals surface area (Å²) in [5.41, 5.74) is 1.26. The zero-order chi connectivity index (χ0) is 43.5. The van der Waals surface area contributed by atoms with E-state index >= 15 is 0 Å². The van der Waals surface area contributed by atoms with Gasteiger partial charge < -0.3 is 28.4 Å². The Labute approximate surface area is 362 Å². The molecule has 0 fully saturated rings. The minimum absolute atomic E-state index is 0.257. The molecule has 0 saturated carbocycles. The van der Waals surface area contributed by atoms with Crippen LogP contribution in [0.15, 0.2) is 133 Å². The predicted octanol–water partition coefficient (Wildman–Crippen LogP) is 12.4.